The molecule has 1 heterocycles. The Balaban J connectivity index is 1.61. The van der Waals surface area contributed by atoms with Gasteiger partial charge in [0.25, 0.3) is 0 Å². The average molecular weight is 528 g/mol. The lowest BCUT2D eigenvalue weighted by atomic mass is 10.1. The van der Waals surface area contributed by atoms with Crippen molar-refractivity contribution in [2.24, 2.45) is 0 Å². The first-order chi connectivity index (χ1) is 16.4. The highest BCUT2D eigenvalue weighted by Crippen LogP contribution is 2.40. The van der Waals surface area contributed by atoms with Gasteiger partial charge >= 0.3 is 21.9 Å². The Morgan fingerprint density at radius 3 is 1.91 bits per heavy atom. The Bertz CT molecular complexity index is 1260. The first-order valence-electron chi connectivity index (χ1n) is 10.4. The molecule has 3 aromatic carbocycles. The fraction of sp³-hybridized carbons (Fsp3) is 0.250. The van der Waals surface area contributed by atoms with Crippen LogP contribution in [0.5, 0.6) is 5.75 Å². The first-order valence-corrected chi connectivity index (χ1v) is 13.1. The number of halogens is 3. The third-order valence-corrected chi connectivity index (χ3v) is 8.67. The predicted molar refractivity (Wildman–Crippen MR) is 122 cm³/mol. The zero-order chi connectivity index (χ0) is 25.4. The molecule has 2 unspecified atom stereocenters. The van der Waals surface area contributed by atoms with Gasteiger partial charge in [0.2, 0.25) is 5.79 Å². The maximum atomic E-state index is 13.8. The molecule has 0 bridgehead atoms. The zero-order valence-electron chi connectivity index (χ0n) is 18.6. The van der Waals surface area contributed by atoms with Crippen LogP contribution in [0.3, 0.4) is 0 Å². The van der Waals surface area contributed by atoms with E-state index >= 15 is 0 Å². The second kappa shape index (κ2) is 9.47. The van der Waals surface area contributed by atoms with Crippen molar-refractivity contribution in [2.45, 2.75) is 52.2 Å². The van der Waals surface area contributed by atoms with Gasteiger partial charge in [-0.2, -0.15) is 21.6 Å². The van der Waals surface area contributed by atoms with Crippen molar-refractivity contribution >= 4 is 21.0 Å². The van der Waals surface area contributed by atoms with Crippen molar-refractivity contribution < 1.29 is 40.4 Å². The van der Waals surface area contributed by atoms with Gasteiger partial charge in [-0.25, -0.2) is 0 Å². The van der Waals surface area contributed by atoms with E-state index in [-0.39, 0.29) is 5.75 Å². The van der Waals surface area contributed by atoms with Crippen LogP contribution in [-0.4, -0.2) is 30.9 Å². The van der Waals surface area contributed by atoms with Gasteiger partial charge in [-0.3, -0.25) is 14.0 Å². The van der Waals surface area contributed by atoms with Crippen LogP contribution in [0, 0.1) is 0 Å². The standard InChI is InChI=1S/C24H21F3O6S2/c1-16(24(26,27)35(28,29)30)31-18-10-14-21(15-11-18)34(19-6-4-3-5-7-19)20-12-8-17(9-13-20)23(2)32-22(25)33-23/h3-16,22H,1-2H3/p+1. The van der Waals surface area contributed by atoms with Crippen molar-refractivity contribution in [2.75, 3.05) is 0 Å². The van der Waals surface area contributed by atoms with E-state index < -0.39 is 44.7 Å². The van der Waals surface area contributed by atoms with Crippen LogP contribution in [0.4, 0.5) is 13.2 Å². The lowest BCUT2D eigenvalue weighted by Crippen LogP contribution is -2.46. The van der Waals surface area contributed by atoms with Crippen LogP contribution in [0.15, 0.2) is 93.5 Å². The van der Waals surface area contributed by atoms with Crippen LogP contribution in [0.25, 0.3) is 0 Å². The molecule has 0 aliphatic carbocycles. The van der Waals surface area contributed by atoms with E-state index in [1.54, 1.807) is 31.2 Å². The van der Waals surface area contributed by atoms with Crippen molar-refractivity contribution in [1.82, 2.24) is 0 Å². The van der Waals surface area contributed by atoms with Crippen LogP contribution in [0.1, 0.15) is 19.4 Å². The Morgan fingerprint density at radius 2 is 1.43 bits per heavy atom. The molecule has 1 N–H and O–H groups in total. The molecule has 4 rings (SSSR count). The van der Waals surface area contributed by atoms with Gasteiger partial charge in [0.15, 0.2) is 20.8 Å². The van der Waals surface area contributed by atoms with Gasteiger partial charge in [0.1, 0.15) is 5.75 Å². The summed E-state index contributed by atoms with van der Waals surface area (Å²) in [6.07, 6.45) is -2.11. The molecule has 0 saturated carbocycles. The maximum Gasteiger partial charge on any atom is 0.405 e. The number of benzene rings is 3. The van der Waals surface area contributed by atoms with E-state index in [0.717, 1.165) is 21.6 Å². The summed E-state index contributed by atoms with van der Waals surface area (Å²) in [7, 11) is -6.21. The normalized spacial score (nSPS) is 22.2. The Labute approximate surface area is 203 Å². The van der Waals surface area contributed by atoms with E-state index in [1.807, 2.05) is 42.5 Å². The van der Waals surface area contributed by atoms with Gasteiger partial charge in [-0.15, -0.1) is 0 Å². The largest absolute Gasteiger partial charge is 0.483 e. The van der Waals surface area contributed by atoms with Gasteiger partial charge in [-0.05, 0) is 74.5 Å². The van der Waals surface area contributed by atoms with Crippen molar-refractivity contribution in [3.05, 3.63) is 84.4 Å². The SMILES string of the molecule is CC(Oc1ccc([S+](c2ccccc2)c2ccc(C3(C)OC(F)O3)cc2)cc1)C(F)(F)S(=O)(=O)O. The summed E-state index contributed by atoms with van der Waals surface area (Å²) in [4.78, 5) is 2.77. The highest BCUT2D eigenvalue weighted by molar-refractivity contribution is 7.97. The first kappa shape index (κ1) is 25.5. The van der Waals surface area contributed by atoms with E-state index in [1.165, 1.54) is 12.1 Å². The Kier molecular flexibility index (Phi) is 6.91. The molecule has 11 heteroatoms. The number of hydrogen-bond acceptors (Lipinski definition) is 5. The van der Waals surface area contributed by atoms with Crippen LogP contribution >= 0.6 is 0 Å². The summed E-state index contributed by atoms with van der Waals surface area (Å²) in [6, 6.07) is 23.3. The molecule has 186 valence electrons. The summed E-state index contributed by atoms with van der Waals surface area (Å²) in [5, 5.41) is -4.46. The molecule has 1 saturated heterocycles. The van der Waals surface area contributed by atoms with Gasteiger partial charge in [0, 0.05) is 5.56 Å². The molecule has 1 aliphatic rings. The molecule has 0 aromatic heterocycles. The van der Waals surface area contributed by atoms with Crippen LogP contribution < -0.4 is 4.74 Å². The molecule has 0 spiro atoms. The summed E-state index contributed by atoms with van der Waals surface area (Å²) < 4.78 is 86.6. The van der Waals surface area contributed by atoms with E-state index in [2.05, 4.69) is 0 Å². The number of hydrogen-bond donors (Lipinski definition) is 1. The molecule has 1 aliphatic heterocycles. The third kappa shape index (κ3) is 5.19. The Hall–Kier alpha value is -2.57. The minimum atomic E-state index is -5.63. The fourth-order valence-corrected chi connectivity index (χ4v) is 6.02. The quantitative estimate of drug-likeness (QED) is 0.308. The Morgan fingerprint density at radius 1 is 0.943 bits per heavy atom. The minimum Gasteiger partial charge on any atom is -0.483 e. The van der Waals surface area contributed by atoms with Crippen molar-refractivity contribution in [3.63, 3.8) is 0 Å². The smallest absolute Gasteiger partial charge is 0.405 e. The van der Waals surface area contributed by atoms with Crippen molar-refractivity contribution in [1.29, 1.82) is 0 Å². The minimum absolute atomic E-state index is 0.0181. The monoisotopic (exact) mass is 527 g/mol. The summed E-state index contributed by atoms with van der Waals surface area (Å²) in [5.41, 5.74) is 0.657. The van der Waals surface area contributed by atoms with Gasteiger partial charge in [-0.1, -0.05) is 18.2 Å². The highest BCUT2D eigenvalue weighted by atomic mass is 32.2. The van der Waals surface area contributed by atoms with Crippen LogP contribution in [0.2, 0.25) is 0 Å². The molecule has 35 heavy (non-hydrogen) atoms. The second-order valence-electron chi connectivity index (χ2n) is 7.87. The summed E-state index contributed by atoms with van der Waals surface area (Å²) >= 11 is 0. The molecular formula is C24H22F3O6S2+. The molecule has 3 aromatic rings. The number of rotatable bonds is 8. The lowest BCUT2D eigenvalue weighted by molar-refractivity contribution is -0.494. The van der Waals surface area contributed by atoms with Gasteiger partial charge < -0.3 is 4.74 Å². The fourth-order valence-electron chi connectivity index (χ4n) is 3.49. The summed E-state index contributed by atoms with van der Waals surface area (Å²) in [6.45, 7) is 0.735. The molecule has 2 atom stereocenters. The van der Waals surface area contributed by atoms with Crippen LogP contribution in [-0.2, 0) is 36.3 Å². The number of alkyl halides is 3. The van der Waals surface area contributed by atoms with Crippen molar-refractivity contribution in [3.8, 4) is 5.75 Å². The third-order valence-electron chi connectivity index (χ3n) is 5.42. The predicted octanol–water partition coefficient (Wildman–Crippen LogP) is 5.50. The molecule has 0 radical (unpaired) electrons. The molecule has 6 nitrogen and oxygen atoms in total. The molecule has 1 fully saturated rings. The van der Waals surface area contributed by atoms with Gasteiger partial charge in [0.05, 0.1) is 10.9 Å². The number of ether oxygens (including phenoxy) is 3. The lowest BCUT2D eigenvalue weighted by Gasteiger charge is -2.40. The van der Waals surface area contributed by atoms with E-state index in [9.17, 15) is 21.6 Å². The summed E-state index contributed by atoms with van der Waals surface area (Å²) in [5.74, 6) is -1.13. The van der Waals surface area contributed by atoms with E-state index in [0.29, 0.717) is 5.56 Å². The van der Waals surface area contributed by atoms with E-state index in [4.69, 9.17) is 18.8 Å². The molecule has 0 amide bonds. The topological polar surface area (TPSA) is 82.1 Å². The second-order valence-corrected chi connectivity index (χ2v) is 11.4. The molecular weight excluding hydrogens is 505 g/mol. The highest BCUT2D eigenvalue weighted by Gasteiger charge is 2.51. The maximum absolute atomic E-state index is 13.8. The zero-order valence-corrected chi connectivity index (χ0v) is 20.2. The average Bonchev–Trinajstić information content (AvgIpc) is 2.80.